The number of aromatic carboxylic acids is 1. The minimum absolute atomic E-state index is 0.0444. The lowest BCUT2D eigenvalue weighted by Crippen LogP contribution is -2.06. The zero-order valence-corrected chi connectivity index (χ0v) is 10.5. The van der Waals surface area contributed by atoms with Crippen LogP contribution in [0.15, 0.2) is 23.1 Å². The molecule has 6 nitrogen and oxygen atoms in total. The standard InChI is InChI=1S/C11H13NO5S/c1-7(5-6-13)18-10-8(11(14)15)3-2-4-9(10)12(16)17/h2-4,7,13H,5-6H2,1H3,(H,14,15). The number of nitro groups is 1. The molecule has 1 aromatic rings. The van der Waals surface area contributed by atoms with E-state index in [-0.39, 0.29) is 28.0 Å². The topological polar surface area (TPSA) is 101 Å². The van der Waals surface area contributed by atoms with Crippen LogP contribution in [0.25, 0.3) is 0 Å². The van der Waals surface area contributed by atoms with Crippen LogP contribution >= 0.6 is 11.8 Å². The molecule has 0 fully saturated rings. The molecule has 0 radical (unpaired) electrons. The monoisotopic (exact) mass is 271 g/mol. The van der Waals surface area contributed by atoms with Crippen molar-refractivity contribution in [3.05, 3.63) is 33.9 Å². The minimum Gasteiger partial charge on any atom is -0.478 e. The summed E-state index contributed by atoms with van der Waals surface area (Å²) >= 11 is 1.10. The summed E-state index contributed by atoms with van der Waals surface area (Å²) in [4.78, 5) is 21.5. The molecule has 1 rings (SSSR count). The zero-order valence-electron chi connectivity index (χ0n) is 9.70. The molecule has 1 atom stereocenters. The van der Waals surface area contributed by atoms with E-state index in [9.17, 15) is 14.9 Å². The molecule has 0 aliphatic rings. The van der Waals surface area contributed by atoms with E-state index in [2.05, 4.69) is 0 Å². The third-order valence-corrected chi connectivity index (χ3v) is 3.58. The largest absolute Gasteiger partial charge is 0.478 e. The Labute approximate surface area is 108 Å². The quantitative estimate of drug-likeness (QED) is 0.467. The normalized spacial score (nSPS) is 12.1. The molecule has 0 saturated heterocycles. The van der Waals surface area contributed by atoms with Crippen molar-refractivity contribution >= 4 is 23.4 Å². The van der Waals surface area contributed by atoms with Crippen LogP contribution in [0.3, 0.4) is 0 Å². The maximum atomic E-state index is 11.1. The van der Waals surface area contributed by atoms with Crippen molar-refractivity contribution in [2.24, 2.45) is 0 Å². The van der Waals surface area contributed by atoms with Crippen LogP contribution < -0.4 is 0 Å². The van der Waals surface area contributed by atoms with Crippen molar-refractivity contribution in [3.8, 4) is 0 Å². The summed E-state index contributed by atoms with van der Waals surface area (Å²) in [6.45, 7) is 1.74. The van der Waals surface area contributed by atoms with Crippen molar-refractivity contribution in [2.45, 2.75) is 23.5 Å². The van der Waals surface area contributed by atoms with Crippen LogP contribution in [0.2, 0.25) is 0 Å². The molecule has 7 heteroatoms. The fourth-order valence-corrected chi connectivity index (χ4v) is 2.57. The Morgan fingerprint density at radius 3 is 2.72 bits per heavy atom. The van der Waals surface area contributed by atoms with Crippen LogP contribution in [-0.2, 0) is 0 Å². The lowest BCUT2D eigenvalue weighted by molar-refractivity contribution is -0.387. The van der Waals surface area contributed by atoms with Gasteiger partial charge in [0, 0.05) is 17.9 Å². The zero-order chi connectivity index (χ0) is 13.7. The van der Waals surface area contributed by atoms with Crippen molar-refractivity contribution in [1.82, 2.24) is 0 Å². The Bertz CT molecular complexity index is 430. The lowest BCUT2D eigenvalue weighted by Gasteiger charge is -2.11. The van der Waals surface area contributed by atoms with E-state index in [1.807, 2.05) is 0 Å². The first-order valence-corrected chi connectivity index (χ1v) is 6.13. The average molecular weight is 271 g/mol. The van der Waals surface area contributed by atoms with Gasteiger partial charge in [-0.25, -0.2) is 4.79 Å². The van der Waals surface area contributed by atoms with Gasteiger partial charge in [-0.2, -0.15) is 0 Å². The van der Waals surface area contributed by atoms with E-state index in [0.29, 0.717) is 6.42 Å². The molecule has 0 amide bonds. The third-order valence-electron chi connectivity index (χ3n) is 2.28. The van der Waals surface area contributed by atoms with E-state index in [1.165, 1.54) is 18.2 Å². The third kappa shape index (κ3) is 3.44. The number of benzene rings is 1. The van der Waals surface area contributed by atoms with Gasteiger partial charge in [0.25, 0.3) is 5.69 Å². The molecule has 0 aromatic heterocycles. The van der Waals surface area contributed by atoms with Crippen molar-refractivity contribution in [1.29, 1.82) is 0 Å². The Balaban J connectivity index is 3.18. The van der Waals surface area contributed by atoms with Gasteiger partial charge in [0.05, 0.1) is 15.4 Å². The second kappa shape index (κ2) is 6.36. The van der Waals surface area contributed by atoms with Crippen LogP contribution in [0, 0.1) is 10.1 Å². The van der Waals surface area contributed by atoms with Crippen molar-refractivity contribution in [2.75, 3.05) is 6.61 Å². The number of hydrogen-bond donors (Lipinski definition) is 2. The number of carbonyl (C=O) groups is 1. The molecule has 98 valence electrons. The Hall–Kier alpha value is -1.60. The number of carboxylic acids is 1. The Kier molecular flexibility index (Phi) is 5.11. The number of carboxylic acid groups (broad SMARTS) is 1. The van der Waals surface area contributed by atoms with Crippen LogP contribution in [-0.4, -0.2) is 33.0 Å². The predicted octanol–water partition coefficient (Wildman–Crippen LogP) is 2.16. The molecule has 0 aliphatic heterocycles. The molecule has 18 heavy (non-hydrogen) atoms. The van der Waals surface area contributed by atoms with Crippen LogP contribution in [0.1, 0.15) is 23.7 Å². The summed E-state index contributed by atoms with van der Waals surface area (Å²) in [6.07, 6.45) is 0.440. The van der Waals surface area contributed by atoms with E-state index >= 15 is 0 Å². The van der Waals surface area contributed by atoms with E-state index in [4.69, 9.17) is 10.2 Å². The molecule has 0 saturated carbocycles. The maximum absolute atomic E-state index is 11.1. The molecule has 1 unspecified atom stereocenters. The summed E-state index contributed by atoms with van der Waals surface area (Å²) in [5, 5.41) is 28.6. The van der Waals surface area contributed by atoms with Gasteiger partial charge in [-0.1, -0.05) is 13.0 Å². The van der Waals surface area contributed by atoms with Gasteiger partial charge in [-0.15, -0.1) is 11.8 Å². The predicted molar refractivity (Wildman–Crippen MR) is 67.1 cm³/mol. The molecule has 0 aliphatic carbocycles. The minimum atomic E-state index is -1.20. The van der Waals surface area contributed by atoms with E-state index < -0.39 is 10.9 Å². The highest BCUT2D eigenvalue weighted by Crippen LogP contribution is 2.36. The van der Waals surface area contributed by atoms with Gasteiger partial charge in [0.1, 0.15) is 0 Å². The van der Waals surface area contributed by atoms with Crippen molar-refractivity contribution < 1.29 is 19.9 Å². The van der Waals surface area contributed by atoms with E-state index in [1.54, 1.807) is 6.92 Å². The first-order chi connectivity index (χ1) is 8.47. The molecular formula is C11H13NO5S. The van der Waals surface area contributed by atoms with Gasteiger partial charge in [-0.3, -0.25) is 10.1 Å². The molecule has 0 bridgehead atoms. The SMILES string of the molecule is CC(CCO)Sc1c(C(=O)O)cccc1[N+](=O)[O-]. The fraction of sp³-hybridized carbons (Fsp3) is 0.364. The lowest BCUT2D eigenvalue weighted by atomic mass is 10.2. The molecular weight excluding hydrogens is 258 g/mol. The summed E-state index contributed by atoms with van der Waals surface area (Å²) in [7, 11) is 0. The summed E-state index contributed by atoms with van der Waals surface area (Å²) in [5.74, 6) is -1.20. The van der Waals surface area contributed by atoms with E-state index in [0.717, 1.165) is 11.8 Å². The highest BCUT2D eigenvalue weighted by atomic mass is 32.2. The van der Waals surface area contributed by atoms with Crippen molar-refractivity contribution in [3.63, 3.8) is 0 Å². The molecule has 1 aromatic carbocycles. The first kappa shape index (κ1) is 14.5. The second-order valence-corrected chi connectivity index (χ2v) is 5.11. The number of nitro benzene ring substituents is 1. The van der Waals surface area contributed by atoms with Gasteiger partial charge in [0.15, 0.2) is 0 Å². The van der Waals surface area contributed by atoms with Crippen LogP contribution in [0.4, 0.5) is 5.69 Å². The van der Waals surface area contributed by atoms with Gasteiger partial charge < -0.3 is 10.2 Å². The molecule has 0 heterocycles. The number of thioether (sulfide) groups is 1. The number of nitrogens with zero attached hydrogens (tertiary/aromatic N) is 1. The Morgan fingerprint density at radius 1 is 1.56 bits per heavy atom. The number of aliphatic hydroxyl groups excluding tert-OH is 1. The average Bonchev–Trinajstić information content (AvgIpc) is 2.28. The highest BCUT2D eigenvalue weighted by Gasteiger charge is 2.23. The number of rotatable bonds is 6. The molecule has 0 spiro atoms. The molecule has 2 N–H and O–H groups in total. The maximum Gasteiger partial charge on any atom is 0.337 e. The highest BCUT2D eigenvalue weighted by molar-refractivity contribution is 8.00. The first-order valence-electron chi connectivity index (χ1n) is 5.25. The number of aliphatic hydroxyl groups is 1. The Morgan fingerprint density at radius 2 is 2.22 bits per heavy atom. The van der Waals surface area contributed by atoms with Gasteiger partial charge in [0.2, 0.25) is 0 Å². The second-order valence-electron chi connectivity index (χ2n) is 3.66. The smallest absolute Gasteiger partial charge is 0.337 e. The fourth-order valence-electron chi connectivity index (χ4n) is 1.40. The number of hydrogen-bond acceptors (Lipinski definition) is 5. The summed E-state index contributed by atoms with van der Waals surface area (Å²) in [6, 6.07) is 3.96. The summed E-state index contributed by atoms with van der Waals surface area (Å²) < 4.78 is 0. The van der Waals surface area contributed by atoms with Gasteiger partial charge in [-0.05, 0) is 12.5 Å². The van der Waals surface area contributed by atoms with Gasteiger partial charge >= 0.3 is 5.97 Å². The summed E-state index contributed by atoms with van der Waals surface area (Å²) in [5.41, 5.74) is -0.302. The van der Waals surface area contributed by atoms with Crippen LogP contribution in [0.5, 0.6) is 0 Å².